The summed E-state index contributed by atoms with van der Waals surface area (Å²) < 4.78 is 5.12. The molecule has 0 aliphatic heterocycles. The van der Waals surface area contributed by atoms with Crippen molar-refractivity contribution in [3.8, 4) is 11.1 Å². The van der Waals surface area contributed by atoms with Crippen molar-refractivity contribution >= 4 is 97.1 Å². The fourth-order valence-corrected chi connectivity index (χ4v) is 9.77. The summed E-state index contributed by atoms with van der Waals surface area (Å²) >= 11 is 3.73. The number of rotatable bonds is 7. The lowest BCUT2D eigenvalue weighted by Crippen LogP contribution is -2.10. The summed E-state index contributed by atoms with van der Waals surface area (Å²) in [6.45, 7) is 0. The first-order valence-corrected chi connectivity index (χ1v) is 19.1. The van der Waals surface area contributed by atoms with Gasteiger partial charge in [-0.15, -0.1) is 22.7 Å². The minimum absolute atomic E-state index is 1.13. The lowest BCUT2D eigenvalue weighted by Gasteiger charge is -2.27. The summed E-state index contributed by atoms with van der Waals surface area (Å²) in [5.41, 5.74) is 9.36. The van der Waals surface area contributed by atoms with Crippen LogP contribution < -0.4 is 9.80 Å². The van der Waals surface area contributed by atoms with E-state index in [1.54, 1.807) is 0 Å². The van der Waals surface area contributed by atoms with Crippen molar-refractivity contribution < 1.29 is 0 Å². The maximum Gasteiger partial charge on any atom is 0.0640 e. The molecule has 0 atom stereocenters. The van der Waals surface area contributed by atoms with E-state index in [0.717, 1.165) is 22.7 Å². The molecular formula is C48H32N2S2. The Labute approximate surface area is 310 Å². The predicted octanol–water partition coefficient (Wildman–Crippen LogP) is 15.0. The van der Waals surface area contributed by atoms with Crippen LogP contribution in [-0.4, -0.2) is 0 Å². The van der Waals surface area contributed by atoms with Gasteiger partial charge in [-0.25, -0.2) is 0 Å². The van der Waals surface area contributed by atoms with Crippen molar-refractivity contribution in [3.63, 3.8) is 0 Å². The van der Waals surface area contributed by atoms with Gasteiger partial charge in [0.25, 0.3) is 0 Å². The lowest BCUT2D eigenvalue weighted by molar-refractivity contribution is 1.30. The van der Waals surface area contributed by atoms with E-state index in [-0.39, 0.29) is 0 Å². The van der Waals surface area contributed by atoms with E-state index in [2.05, 4.69) is 204 Å². The Bertz CT molecular complexity index is 2800. The van der Waals surface area contributed by atoms with Crippen LogP contribution in [0, 0.1) is 0 Å². The summed E-state index contributed by atoms with van der Waals surface area (Å²) in [6.07, 6.45) is 0. The van der Waals surface area contributed by atoms with E-state index in [1.807, 2.05) is 22.7 Å². The normalized spacial score (nSPS) is 11.5. The monoisotopic (exact) mass is 700 g/mol. The third-order valence-corrected chi connectivity index (χ3v) is 12.2. The first-order valence-electron chi connectivity index (χ1n) is 17.5. The summed E-state index contributed by atoms with van der Waals surface area (Å²) in [5.74, 6) is 0. The minimum Gasteiger partial charge on any atom is -0.310 e. The van der Waals surface area contributed by atoms with Crippen LogP contribution in [0.5, 0.6) is 0 Å². The van der Waals surface area contributed by atoms with Gasteiger partial charge < -0.3 is 9.80 Å². The maximum absolute atomic E-state index is 2.44. The summed E-state index contributed by atoms with van der Waals surface area (Å²) in [6, 6.07) is 70.2. The number of benzene rings is 8. The second-order valence-electron chi connectivity index (χ2n) is 12.9. The molecule has 246 valence electrons. The Hall–Kier alpha value is -6.20. The second kappa shape index (κ2) is 12.8. The molecule has 0 bridgehead atoms. The smallest absolute Gasteiger partial charge is 0.0640 e. The summed E-state index contributed by atoms with van der Waals surface area (Å²) in [5, 5.41) is 5.08. The largest absolute Gasteiger partial charge is 0.310 e. The van der Waals surface area contributed by atoms with Gasteiger partial charge in [-0.2, -0.15) is 0 Å². The highest BCUT2D eigenvalue weighted by atomic mass is 32.1. The van der Waals surface area contributed by atoms with E-state index >= 15 is 0 Å². The Kier molecular flexibility index (Phi) is 7.56. The van der Waals surface area contributed by atoms with Crippen LogP contribution in [0.1, 0.15) is 0 Å². The molecule has 0 aliphatic rings. The van der Waals surface area contributed by atoms with Crippen LogP contribution in [0.4, 0.5) is 34.1 Å². The first-order chi connectivity index (χ1) is 25.8. The highest BCUT2D eigenvalue weighted by Gasteiger charge is 2.22. The molecule has 0 fully saturated rings. The third kappa shape index (κ3) is 5.24. The van der Waals surface area contributed by atoms with Crippen LogP contribution >= 0.6 is 22.7 Å². The zero-order chi connectivity index (χ0) is 34.4. The fourth-order valence-electron chi connectivity index (χ4n) is 7.48. The van der Waals surface area contributed by atoms with E-state index in [1.165, 1.54) is 62.8 Å². The average molecular weight is 701 g/mol. The molecule has 8 aromatic carbocycles. The lowest BCUT2D eigenvalue weighted by atomic mass is 10.0. The van der Waals surface area contributed by atoms with Crippen molar-refractivity contribution in [2.45, 2.75) is 0 Å². The fraction of sp³-hybridized carbons (Fsp3) is 0. The van der Waals surface area contributed by atoms with Gasteiger partial charge in [-0.1, -0.05) is 109 Å². The molecule has 52 heavy (non-hydrogen) atoms. The number of anilines is 6. The number of hydrogen-bond acceptors (Lipinski definition) is 4. The van der Waals surface area contributed by atoms with Crippen LogP contribution in [-0.2, 0) is 0 Å². The van der Waals surface area contributed by atoms with Crippen molar-refractivity contribution in [3.05, 3.63) is 194 Å². The first kappa shape index (κ1) is 30.6. The van der Waals surface area contributed by atoms with Crippen LogP contribution in [0.3, 0.4) is 0 Å². The number of hydrogen-bond donors (Lipinski definition) is 0. The Morgan fingerprint density at radius 3 is 1.50 bits per heavy atom. The van der Waals surface area contributed by atoms with Gasteiger partial charge in [0.2, 0.25) is 0 Å². The number of para-hydroxylation sites is 3. The summed E-state index contributed by atoms with van der Waals surface area (Å²) in [4.78, 5) is 4.82. The molecule has 0 radical (unpaired) electrons. The second-order valence-corrected chi connectivity index (χ2v) is 15.1. The van der Waals surface area contributed by atoms with Crippen LogP contribution in [0.15, 0.2) is 194 Å². The van der Waals surface area contributed by atoms with Gasteiger partial charge in [-0.05, 0) is 96.1 Å². The Morgan fingerprint density at radius 2 is 0.846 bits per heavy atom. The molecule has 0 N–H and O–H groups in total. The molecule has 2 nitrogen and oxygen atoms in total. The average Bonchev–Trinajstić information content (AvgIpc) is 3.79. The zero-order valence-electron chi connectivity index (χ0n) is 28.2. The molecule has 0 saturated heterocycles. The van der Waals surface area contributed by atoms with Crippen molar-refractivity contribution in [1.82, 2.24) is 0 Å². The van der Waals surface area contributed by atoms with E-state index in [4.69, 9.17) is 0 Å². The molecule has 0 unspecified atom stereocenters. The summed E-state index contributed by atoms with van der Waals surface area (Å²) in [7, 11) is 0. The molecular weight excluding hydrogens is 669 g/mol. The predicted molar refractivity (Wildman–Crippen MR) is 227 cm³/mol. The topological polar surface area (TPSA) is 6.48 Å². The molecule has 2 heterocycles. The molecule has 10 aromatic rings. The molecule has 0 spiro atoms. The van der Waals surface area contributed by atoms with Crippen LogP contribution in [0.2, 0.25) is 0 Å². The SMILES string of the molecule is c1ccc(-c2ccc3sc4ccc(N(c5ccccc5)c5cccc6sc7c(N(c8ccccc8)c8ccccc8)cccc7c56)cc4c3c2)cc1. The molecule has 2 aromatic heterocycles. The Morgan fingerprint density at radius 1 is 0.308 bits per heavy atom. The standard InChI is InChI=1S/C48H32N2S2/c1-5-15-33(16-6-1)34-27-29-44-40(31-34)41-32-38(28-30-45(41)51-44)50(37-21-11-4-12-22-37)42-24-14-26-46-47(42)39-23-13-25-43(48(39)52-46)49(35-17-7-2-8-18-35)36-19-9-3-10-20-36/h1-32H. The highest BCUT2D eigenvalue weighted by Crippen LogP contribution is 2.50. The third-order valence-electron chi connectivity index (χ3n) is 9.82. The number of fused-ring (bicyclic) bond motifs is 6. The van der Waals surface area contributed by atoms with Gasteiger partial charge in [0.1, 0.15) is 0 Å². The van der Waals surface area contributed by atoms with Crippen molar-refractivity contribution in [1.29, 1.82) is 0 Å². The van der Waals surface area contributed by atoms with Crippen LogP contribution in [0.25, 0.3) is 51.5 Å². The molecule has 0 saturated carbocycles. The van der Waals surface area contributed by atoms with Gasteiger partial charge in [0.05, 0.1) is 16.1 Å². The molecule has 10 rings (SSSR count). The Balaban J connectivity index is 1.19. The van der Waals surface area contributed by atoms with Gasteiger partial charge in [-0.3, -0.25) is 0 Å². The van der Waals surface area contributed by atoms with Gasteiger partial charge in [0.15, 0.2) is 0 Å². The van der Waals surface area contributed by atoms with Gasteiger partial charge in [0, 0.05) is 58.4 Å². The van der Waals surface area contributed by atoms with E-state index in [0.29, 0.717) is 0 Å². The quantitative estimate of drug-likeness (QED) is 0.163. The molecule has 4 heteroatoms. The van der Waals surface area contributed by atoms with E-state index in [9.17, 15) is 0 Å². The van der Waals surface area contributed by atoms with E-state index < -0.39 is 0 Å². The van der Waals surface area contributed by atoms with Crippen molar-refractivity contribution in [2.24, 2.45) is 0 Å². The van der Waals surface area contributed by atoms with Crippen molar-refractivity contribution in [2.75, 3.05) is 9.80 Å². The minimum atomic E-state index is 1.13. The molecule has 0 aliphatic carbocycles. The number of thiophene rings is 2. The van der Waals surface area contributed by atoms with Gasteiger partial charge >= 0.3 is 0 Å². The molecule has 0 amide bonds. The zero-order valence-corrected chi connectivity index (χ0v) is 29.8. The maximum atomic E-state index is 2.44. The number of nitrogens with zero attached hydrogens (tertiary/aromatic N) is 2. The highest BCUT2D eigenvalue weighted by molar-refractivity contribution is 7.26.